The molecule has 0 fully saturated rings. The molecular weight excluding hydrogens is 281 g/mol. The number of anilines is 1. The SMILES string of the molecule is CC(C)(C)c1ccc(NC(=O)C(F)(F)C(F)(F)F)cc1. The fraction of sp³-hybridized carbons (Fsp3) is 0.462. The summed E-state index contributed by atoms with van der Waals surface area (Å²) in [7, 11) is 0. The van der Waals surface area contributed by atoms with E-state index in [9.17, 15) is 26.7 Å². The summed E-state index contributed by atoms with van der Waals surface area (Å²) in [6.45, 7) is 5.75. The van der Waals surface area contributed by atoms with Crippen LogP contribution in [0.1, 0.15) is 26.3 Å². The molecule has 1 rings (SSSR count). The van der Waals surface area contributed by atoms with Crippen LogP contribution in [0, 0.1) is 0 Å². The first-order valence-corrected chi connectivity index (χ1v) is 5.72. The van der Waals surface area contributed by atoms with Gasteiger partial charge in [0.15, 0.2) is 0 Å². The van der Waals surface area contributed by atoms with Crippen LogP contribution in [-0.4, -0.2) is 18.0 Å². The first-order chi connectivity index (χ1) is 8.85. The number of nitrogens with one attached hydrogen (secondary N) is 1. The molecule has 0 spiro atoms. The zero-order chi connectivity index (χ0) is 15.8. The van der Waals surface area contributed by atoms with E-state index in [4.69, 9.17) is 0 Å². The molecule has 112 valence electrons. The Morgan fingerprint density at radius 1 is 0.950 bits per heavy atom. The highest BCUT2D eigenvalue weighted by Crippen LogP contribution is 2.36. The Hall–Kier alpha value is -1.66. The van der Waals surface area contributed by atoms with Crippen molar-refractivity contribution in [3.05, 3.63) is 29.8 Å². The zero-order valence-electron chi connectivity index (χ0n) is 11.1. The van der Waals surface area contributed by atoms with Gasteiger partial charge >= 0.3 is 18.0 Å². The summed E-state index contributed by atoms with van der Waals surface area (Å²) in [6.07, 6.45) is -5.91. The molecule has 1 amide bonds. The van der Waals surface area contributed by atoms with Crippen LogP contribution in [0.2, 0.25) is 0 Å². The predicted octanol–water partition coefficient (Wildman–Crippen LogP) is 4.12. The van der Waals surface area contributed by atoms with Crippen molar-refractivity contribution in [1.82, 2.24) is 0 Å². The molecule has 0 aromatic heterocycles. The molecule has 0 bridgehead atoms. The minimum absolute atomic E-state index is 0.119. The second-order valence-corrected chi connectivity index (χ2v) is 5.35. The maximum Gasteiger partial charge on any atom is 0.463 e. The van der Waals surface area contributed by atoms with Crippen molar-refractivity contribution in [2.45, 2.75) is 38.3 Å². The normalized spacial score (nSPS) is 13.2. The van der Waals surface area contributed by atoms with Crippen molar-refractivity contribution in [3.63, 3.8) is 0 Å². The number of halogens is 5. The smallest absolute Gasteiger partial charge is 0.321 e. The number of hydrogen-bond acceptors (Lipinski definition) is 1. The van der Waals surface area contributed by atoms with E-state index < -0.39 is 18.0 Å². The van der Waals surface area contributed by atoms with Crippen LogP contribution in [0.25, 0.3) is 0 Å². The summed E-state index contributed by atoms with van der Waals surface area (Å²) < 4.78 is 61.5. The van der Waals surface area contributed by atoms with E-state index in [0.29, 0.717) is 0 Å². The van der Waals surface area contributed by atoms with Gasteiger partial charge in [0.1, 0.15) is 0 Å². The molecule has 0 radical (unpaired) electrons. The fourth-order valence-corrected chi connectivity index (χ4v) is 1.39. The molecule has 0 aliphatic rings. The van der Waals surface area contributed by atoms with E-state index in [1.807, 2.05) is 20.8 Å². The molecule has 0 saturated carbocycles. The van der Waals surface area contributed by atoms with Crippen molar-refractivity contribution in [2.75, 3.05) is 5.32 Å². The van der Waals surface area contributed by atoms with Crippen LogP contribution < -0.4 is 5.32 Å². The number of hydrogen-bond donors (Lipinski definition) is 1. The third-order valence-electron chi connectivity index (χ3n) is 2.65. The molecule has 1 N–H and O–H groups in total. The molecule has 20 heavy (non-hydrogen) atoms. The van der Waals surface area contributed by atoms with Gasteiger partial charge in [0.25, 0.3) is 0 Å². The van der Waals surface area contributed by atoms with Gasteiger partial charge in [0, 0.05) is 5.69 Å². The van der Waals surface area contributed by atoms with Crippen LogP contribution in [0.3, 0.4) is 0 Å². The van der Waals surface area contributed by atoms with Crippen LogP contribution in [0.4, 0.5) is 27.6 Å². The summed E-state index contributed by atoms with van der Waals surface area (Å²) in [6, 6.07) is 5.68. The Morgan fingerprint density at radius 3 is 1.75 bits per heavy atom. The number of carbonyl (C=O) groups is 1. The highest BCUT2D eigenvalue weighted by atomic mass is 19.4. The lowest BCUT2D eigenvalue weighted by Gasteiger charge is -2.20. The minimum atomic E-state index is -5.91. The summed E-state index contributed by atoms with van der Waals surface area (Å²) in [4.78, 5) is 11.0. The van der Waals surface area contributed by atoms with Gasteiger partial charge in [-0.15, -0.1) is 0 Å². The van der Waals surface area contributed by atoms with Gasteiger partial charge in [-0.25, -0.2) is 0 Å². The predicted molar refractivity (Wildman–Crippen MR) is 64.8 cm³/mol. The molecule has 0 unspecified atom stereocenters. The summed E-state index contributed by atoms with van der Waals surface area (Å²) in [5, 5.41) is 1.56. The highest BCUT2D eigenvalue weighted by Gasteiger charge is 2.63. The Bertz CT molecular complexity index is 485. The average molecular weight is 295 g/mol. The topological polar surface area (TPSA) is 29.1 Å². The van der Waals surface area contributed by atoms with Crippen molar-refractivity contribution < 1.29 is 26.7 Å². The first kappa shape index (κ1) is 16.4. The average Bonchev–Trinajstić information content (AvgIpc) is 2.26. The van der Waals surface area contributed by atoms with Crippen molar-refractivity contribution in [2.24, 2.45) is 0 Å². The van der Waals surface area contributed by atoms with Crippen LogP contribution in [0.15, 0.2) is 24.3 Å². The summed E-state index contributed by atoms with van der Waals surface area (Å²) in [5.74, 6) is -7.82. The summed E-state index contributed by atoms with van der Waals surface area (Å²) >= 11 is 0. The quantitative estimate of drug-likeness (QED) is 0.817. The second-order valence-electron chi connectivity index (χ2n) is 5.35. The second kappa shape index (κ2) is 5.03. The van der Waals surface area contributed by atoms with Gasteiger partial charge in [-0.1, -0.05) is 32.9 Å². The number of carbonyl (C=O) groups excluding carboxylic acids is 1. The molecule has 0 saturated heterocycles. The third-order valence-corrected chi connectivity index (χ3v) is 2.65. The van der Waals surface area contributed by atoms with Crippen LogP contribution >= 0.6 is 0 Å². The van der Waals surface area contributed by atoms with Gasteiger partial charge in [-0.2, -0.15) is 22.0 Å². The minimum Gasteiger partial charge on any atom is -0.321 e. The summed E-state index contributed by atoms with van der Waals surface area (Å²) in [5.41, 5.74) is 0.545. The number of amides is 1. The maximum atomic E-state index is 12.7. The zero-order valence-corrected chi connectivity index (χ0v) is 11.1. The van der Waals surface area contributed by atoms with Gasteiger partial charge in [0.2, 0.25) is 0 Å². The molecule has 1 aromatic carbocycles. The molecule has 0 atom stereocenters. The van der Waals surface area contributed by atoms with Gasteiger partial charge < -0.3 is 5.32 Å². The largest absolute Gasteiger partial charge is 0.463 e. The van der Waals surface area contributed by atoms with Gasteiger partial charge in [0.05, 0.1) is 0 Å². The number of benzene rings is 1. The van der Waals surface area contributed by atoms with E-state index in [1.165, 1.54) is 12.1 Å². The standard InChI is InChI=1S/C13H14F5NO/c1-11(2,3)8-4-6-9(7-5-8)19-10(20)12(14,15)13(16,17)18/h4-7H,1-3H3,(H,19,20). The monoisotopic (exact) mass is 295 g/mol. The van der Waals surface area contributed by atoms with Gasteiger partial charge in [-0.05, 0) is 23.1 Å². The molecule has 0 heterocycles. The highest BCUT2D eigenvalue weighted by molar-refractivity contribution is 5.96. The number of rotatable bonds is 2. The molecule has 1 aromatic rings. The molecular formula is C13H14F5NO. The molecule has 0 aliphatic carbocycles. The van der Waals surface area contributed by atoms with Crippen molar-refractivity contribution >= 4 is 11.6 Å². The fourth-order valence-electron chi connectivity index (χ4n) is 1.39. The third kappa shape index (κ3) is 3.46. The Labute approximate surface area is 113 Å². The lowest BCUT2D eigenvalue weighted by Crippen LogP contribution is -2.47. The number of alkyl halides is 5. The Morgan fingerprint density at radius 2 is 1.40 bits per heavy atom. The Kier molecular flexibility index (Phi) is 4.12. The van der Waals surface area contributed by atoms with Gasteiger partial charge in [-0.3, -0.25) is 4.79 Å². The lowest BCUT2D eigenvalue weighted by atomic mass is 9.87. The van der Waals surface area contributed by atoms with E-state index >= 15 is 0 Å². The lowest BCUT2D eigenvalue weighted by molar-refractivity contribution is -0.267. The van der Waals surface area contributed by atoms with Crippen LogP contribution in [-0.2, 0) is 10.2 Å². The van der Waals surface area contributed by atoms with E-state index in [-0.39, 0.29) is 11.1 Å². The first-order valence-electron chi connectivity index (χ1n) is 5.72. The van der Waals surface area contributed by atoms with E-state index in [2.05, 4.69) is 0 Å². The van der Waals surface area contributed by atoms with E-state index in [0.717, 1.165) is 5.56 Å². The van der Waals surface area contributed by atoms with Crippen LogP contribution in [0.5, 0.6) is 0 Å². The molecule has 0 aliphatic heterocycles. The molecule has 2 nitrogen and oxygen atoms in total. The van der Waals surface area contributed by atoms with Crippen molar-refractivity contribution in [1.29, 1.82) is 0 Å². The van der Waals surface area contributed by atoms with E-state index in [1.54, 1.807) is 17.4 Å². The van der Waals surface area contributed by atoms with Crippen molar-refractivity contribution in [3.8, 4) is 0 Å². The maximum absolute atomic E-state index is 12.7. The molecule has 7 heteroatoms. The Balaban J connectivity index is 2.88.